The molecule has 2 aliphatic heterocycles. The number of rotatable bonds is 7. The number of nitrogens with one attached hydrogen (secondary N) is 2. The van der Waals surface area contributed by atoms with Gasteiger partial charge in [-0.15, -0.1) is 47.6 Å². The van der Waals surface area contributed by atoms with Crippen LogP contribution in [0, 0.1) is 90.1 Å². The molecule has 4 heterocycles. The van der Waals surface area contributed by atoms with Crippen LogP contribution in [0.1, 0.15) is 40.7 Å². The van der Waals surface area contributed by atoms with Gasteiger partial charge in [0.25, 0.3) is 5.91 Å². The van der Waals surface area contributed by atoms with Gasteiger partial charge in [0.1, 0.15) is 0 Å². The zero-order chi connectivity index (χ0) is 34.2. The van der Waals surface area contributed by atoms with Crippen LogP contribution < -0.4 is 10.6 Å². The summed E-state index contributed by atoms with van der Waals surface area (Å²) < 4.78 is 7.29. The van der Waals surface area contributed by atoms with Gasteiger partial charge in [-0.05, 0) is 43.5 Å². The van der Waals surface area contributed by atoms with Crippen molar-refractivity contribution in [3.8, 4) is 23.4 Å². The van der Waals surface area contributed by atoms with E-state index in [0.717, 1.165) is 31.6 Å². The van der Waals surface area contributed by atoms with Gasteiger partial charge < -0.3 is 27.4 Å². The van der Waals surface area contributed by atoms with Crippen LogP contribution in [0.4, 0.5) is 11.5 Å². The Balaban J connectivity index is 0.00000130. The quantitative estimate of drug-likeness (QED) is 0.194. The molecule has 2 saturated heterocycles. The van der Waals surface area contributed by atoms with Gasteiger partial charge in [-0.2, -0.15) is 17.4 Å². The fourth-order valence-corrected chi connectivity index (χ4v) is 7.15. The van der Waals surface area contributed by atoms with Gasteiger partial charge in [-0.1, -0.05) is 11.4 Å². The minimum absolute atomic E-state index is 0. The molecule has 2 aromatic carbocycles. The standard InChI is InChI=1S/C34H36IN8O2.C2H2N.U/c1-22-4-5-25(35-3)19-29(22)30-20-39-32-31(38-13-17-43(30)32)40-26-6-7-28(23(2)18-26)34(45)41-14-9-24(10-15-41)33(44)42-16-12-37-27(21-42)8-11-36;1-2-3;/h4,6-7,13,17-20,24,27,37H,3,8-10,12,14-16,21H2,1-2H3,(H,38,40);1H2;/q2*-1;+2. The number of likely N-dealkylation sites (tertiary alicyclic amines) is 1. The van der Waals surface area contributed by atoms with Crippen LogP contribution in [0.15, 0.2) is 48.9 Å². The van der Waals surface area contributed by atoms with Crippen LogP contribution in [0.25, 0.3) is 16.9 Å². The van der Waals surface area contributed by atoms with Crippen LogP contribution in [0.3, 0.4) is 0 Å². The Bertz CT molecular complexity index is 1910. The number of fused-ring (bicyclic) bond motifs is 1. The Hall–Kier alpha value is -3.74. The van der Waals surface area contributed by atoms with Crippen molar-refractivity contribution in [1.82, 2.24) is 29.5 Å². The van der Waals surface area contributed by atoms with E-state index in [2.05, 4.69) is 52.2 Å². The van der Waals surface area contributed by atoms with Crippen LogP contribution in [-0.2, 0) is 4.79 Å². The Labute approximate surface area is 321 Å². The van der Waals surface area contributed by atoms with Crippen LogP contribution in [0.2, 0.25) is 0 Å². The topological polar surface area (TPSA) is 142 Å². The molecule has 1 unspecified atom stereocenters. The number of hydrogen-bond donors (Lipinski definition) is 2. The van der Waals surface area contributed by atoms with Gasteiger partial charge in [0.05, 0.1) is 18.7 Å². The van der Waals surface area contributed by atoms with E-state index in [1.54, 1.807) is 6.20 Å². The van der Waals surface area contributed by atoms with Crippen molar-refractivity contribution in [1.29, 1.82) is 10.5 Å². The molecule has 4 aromatic rings. The molecule has 6 rings (SSSR count). The van der Waals surface area contributed by atoms with Gasteiger partial charge >= 0.3 is 31.1 Å². The van der Waals surface area contributed by atoms with Crippen molar-refractivity contribution in [2.45, 2.75) is 39.2 Å². The van der Waals surface area contributed by atoms with Gasteiger partial charge in [-0.3, -0.25) is 14.0 Å². The number of halogens is 1. The number of carbonyl (C=O) groups is 2. The van der Waals surface area contributed by atoms with Crippen molar-refractivity contribution < 1.29 is 40.7 Å². The van der Waals surface area contributed by atoms with Crippen molar-refractivity contribution in [2.24, 2.45) is 5.92 Å². The van der Waals surface area contributed by atoms with E-state index in [1.807, 2.05) is 57.8 Å². The van der Waals surface area contributed by atoms with E-state index < -0.39 is 0 Å². The molecule has 49 heavy (non-hydrogen) atoms. The number of nitriles is 2. The Morgan fingerprint density at radius 3 is 2.59 bits per heavy atom. The molecule has 0 spiro atoms. The number of hydrogen-bond acceptors (Lipinski definition) is 8. The maximum absolute atomic E-state index is 13.5. The number of aromatic nitrogens is 3. The number of piperazine rings is 1. The molecule has 2 N–H and O–H groups in total. The fourth-order valence-electron chi connectivity index (χ4n) is 6.25. The van der Waals surface area contributed by atoms with Crippen molar-refractivity contribution >= 4 is 54.2 Å². The van der Waals surface area contributed by atoms with E-state index in [-0.39, 0.29) is 75.6 Å². The number of piperidine rings is 1. The predicted molar refractivity (Wildman–Crippen MR) is 194 cm³/mol. The summed E-state index contributed by atoms with van der Waals surface area (Å²) in [5, 5.41) is 22.9. The molecule has 2 amide bonds. The number of nitrogens with zero attached hydrogens (tertiary/aromatic N) is 7. The average molecular weight is 994 g/mol. The summed E-state index contributed by atoms with van der Waals surface area (Å²) in [6, 6.07) is 16.9. The molecular formula is C36H38IN9O2U. The second-order valence-corrected chi connectivity index (χ2v) is 13.7. The Morgan fingerprint density at radius 2 is 1.90 bits per heavy atom. The minimum atomic E-state index is -0.320. The van der Waals surface area contributed by atoms with Crippen molar-refractivity contribution in [3.05, 3.63) is 82.2 Å². The molecule has 250 valence electrons. The smallest absolute Gasteiger partial charge is 0.340 e. The molecule has 0 aliphatic carbocycles. The second-order valence-electron chi connectivity index (χ2n) is 11.8. The van der Waals surface area contributed by atoms with E-state index in [9.17, 15) is 9.59 Å². The third kappa shape index (κ3) is 8.90. The van der Waals surface area contributed by atoms with Crippen molar-refractivity contribution in [3.63, 3.8) is 0 Å². The SMILES string of the molecule is C=Ic1[c-]cc(C)c(-c2cnc3c(Nc4ccc(C(=O)N5CCC(C(=O)N6CCNC(CC#N)C6)CC5)c(C)c4)nccn23)c1.[CH2-]C#N.[U+2]. The van der Waals surface area contributed by atoms with E-state index in [4.69, 9.17) is 15.5 Å². The van der Waals surface area contributed by atoms with E-state index in [1.165, 1.54) is 6.07 Å². The zero-order valence-corrected chi connectivity index (χ0v) is 34.0. The number of aryl methyl sites for hydroxylation is 2. The van der Waals surface area contributed by atoms with Crippen molar-refractivity contribution in [2.75, 3.05) is 38.0 Å². The summed E-state index contributed by atoms with van der Waals surface area (Å²) >= 11 is -0.320. The number of amides is 2. The Morgan fingerprint density at radius 1 is 1.14 bits per heavy atom. The third-order valence-corrected chi connectivity index (χ3v) is 10.2. The first-order valence-corrected chi connectivity index (χ1v) is 18.3. The third-order valence-electron chi connectivity index (χ3n) is 8.73. The summed E-state index contributed by atoms with van der Waals surface area (Å²) in [6.07, 6.45) is 7.23. The second kappa shape index (κ2) is 17.8. The number of anilines is 2. The molecular weight excluding hydrogens is 955 g/mol. The fraction of sp³-hybridized carbons (Fsp3) is 0.333. The van der Waals surface area contributed by atoms with E-state index in [0.29, 0.717) is 69.0 Å². The van der Waals surface area contributed by atoms with Gasteiger partial charge in [0.2, 0.25) is 5.91 Å². The molecule has 13 heteroatoms. The molecule has 0 bridgehead atoms. The summed E-state index contributed by atoms with van der Waals surface area (Å²) in [5.74, 6) is 0.673. The van der Waals surface area contributed by atoms with Gasteiger partial charge in [0.15, 0.2) is 11.5 Å². The zero-order valence-electron chi connectivity index (χ0n) is 27.7. The molecule has 1 atom stereocenters. The number of benzene rings is 2. The predicted octanol–water partition coefficient (Wildman–Crippen LogP) is 5.04. The summed E-state index contributed by atoms with van der Waals surface area (Å²) in [7, 11) is 0. The number of imidazole rings is 1. The monoisotopic (exact) mass is 993 g/mol. The van der Waals surface area contributed by atoms with Crippen LogP contribution in [0.5, 0.6) is 0 Å². The Kier molecular flexibility index (Phi) is 13.8. The van der Waals surface area contributed by atoms with Gasteiger partial charge in [0, 0.05) is 74.0 Å². The molecule has 2 fully saturated rings. The average Bonchev–Trinajstić information content (AvgIpc) is 3.54. The van der Waals surface area contributed by atoms with Crippen LogP contribution >= 0.6 is 20.7 Å². The molecule has 2 aliphatic rings. The van der Waals surface area contributed by atoms with Crippen LogP contribution in [-0.4, -0.2) is 79.3 Å². The normalized spacial score (nSPS) is 16.0. The molecule has 11 nitrogen and oxygen atoms in total. The van der Waals surface area contributed by atoms with Gasteiger partial charge in [-0.25, -0.2) is 15.2 Å². The molecule has 0 saturated carbocycles. The molecule has 2 aromatic heterocycles. The first kappa shape index (κ1) is 38.1. The summed E-state index contributed by atoms with van der Waals surface area (Å²) in [6.45, 7) is 9.85. The largest absolute Gasteiger partial charge is 2.00 e. The van der Waals surface area contributed by atoms with E-state index >= 15 is 0 Å². The summed E-state index contributed by atoms with van der Waals surface area (Å²) in [5.41, 5.74) is 6.27. The maximum Gasteiger partial charge on any atom is 2.00 e. The minimum Gasteiger partial charge on any atom is -0.340 e. The number of carbonyl (C=O) groups excluding carboxylic acids is 2. The first-order valence-electron chi connectivity index (χ1n) is 15.7. The molecule has 0 radical (unpaired) electrons. The maximum atomic E-state index is 13.5. The first-order chi connectivity index (χ1) is 23.3. The summed E-state index contributed by atoms with van der Waals surface area (Å²) in [4.78, 5) is 39.7.